The lowest BCUT2D eigenvalue weighted by Crippen LogP contribution is -2.20. The lowest BCUT2D eigenvalue weighted by molar-refractivity contribution is 0.321. The maximum Gasteiger partial charge on any atom is 0.147 e. The standard InChI is InChI=1S/C21H20Br8O2/c1-21(2,11-3-15(26)19(16(27)4-11)30-9-13(24)7-22)12-5-17(28)20(18(29)6-12)31-10-14(25)8-23/h3-6,13-14H,7-10H2,1-2H3/t13-,14-/m1/s1. The van der Waals surface area contributed by atoms with E-state index in [1.807, 2.05) is 0 Å². The number of benzene rings is 2. The predicted molar refractivity (Wildman–Crippen MR) is 160 cm³/mol. The molecule has 0 heterocycles. The number of hydrogen-bond acceptors (Lipinski definition) is 2. The van der Waals surface area contributed by atoms with Gasteiger partial charge in [-0.05, 0) is 99.1 Å². The Kier molecular flexibility index (Phi) is 12.5. The molecule has 0 unspecified atom stereocenters. The van der Waals surface area contributed by atoms with Crippen LogP contribution in [0.1, 0.15) is 25.0 Å². The van der Waals surface area contributed by atoms with Gasteiger partial charge >= 0.3 is 0 Å². The molecule has 0 bridgehead atoms. The fraction of sp³-hybridized carbons (Fsp3) is 0.429. The summed E-state index contributed by atoms with van der Waals surface area (Å²) in [5.74, 6) is 1.60. The minimum Gasteiger partial charge on any atom is -0.490 e. The van der Waals surface area contributed by atoms with Crippen molar-refractivity contribution in [1.82, 2.24) is 0 Å². The van der Waals surface area contributed by atoms with Gasteiger partial charge in [-0.15, -0.1) is 0 Å². The Hall–Kier alpha value is 1.88. The van der Waals surface area contributed by atoms with Crippen molar-refractivity contribution >= 4 is 127 Å². The fourth-order valence-electron chi connectivity index (χ4n) is 2.72. The minimum absolute atomic E-state index is 0.243. The first-order valence-electron chi connectivity index (χ1n) is 9.15. The second-order valence-electron chi connectivity index (χ2n) is 7.29. The molecule has 31 heavy (non-hydrogen) atoms. The van der Waals surface area contributed by atoms with Crippen molar-refractivity contribution in [3.8, 4) is 11.5 Å². The Labute approximate surface area is 251 Å². The SMILES string of the molecule is CC(C)(c1cc(Br)c(OC[C@H](Br)CBr)c(Br)c1)c1cc(Br)c(OC[C@H](Br)CBr)c(Br)c1. The van der Waals surface area contributed by atoms with Crippen molar-refractivity contribution in [3.63, 3.8) is 0 Å². The van der Waals surface area contributed by atoms with Crippen molar-refractivity contribution in [2.75, 3.05) is 23.9 Å². The maximum atomic E-state index is 5.99. The molecule has 172 valence electrons. The molecule has 0 radical (unpaired) electrons. The van der Waals surface area contributed by atoms with E-state index >= 15 is 0 Å². The highest BCUT2D eigenvalue weighted by molar-refractivity contribution is 9.12. The molecule has 0 aromatic heterocycles. The van der Waals surface area contributed by atoms with E-state index in [1.54, 1.807) is 0 Å². The second kappa shape index (κ2) is 13.3. The quantitative estimate of drug-likeness (QED) is 0.221. The fourth-order valence-corrected chi connectivity index (χ4v) is 6.19. The largest absolute Gasteiger partial charge is 0.490 e. The van der Waals surface area contributed by atoms with Gasteiger partial charge in [0.1, 0.15) is 24.7 Å². The van der Waals surface area contributed by atoms with Crippen LogP contribution in [0.2, 0.25) is 0 Å². The van der Waals surface area contributed by atoms with E-state index in [2.05, 4.69) is 166 Å². The molecule has 0 amide bonds. The van der Waals surface area contributed by atoms with Gasteiger partial charge in [-0.2, -0.15) is 0 Å². The normalized spacial score (nSPS) is 13.7. The Bertz CT molecular complexity index is 785. The van der Waals surface area contributed by atoms with Crippen LogP contribution >= 0.6 is 127 Å². The molecule has 2 rings (SSSR count). The van der Waals surface area contributed by atoms with E-state index in [1.165, 1.54) is 0 Å². The number of hydrogen-bond donors (Lipinski definition) is 0. The Morgan fingerprint density at radius 2 is 0.968 bits per heavy atom. The number of ether oxygens (including phenoxy) is 2. The summed E-state index contributed by atoms with van der Waals surface area (Å²) in [4.78, 5) is 0.486. The third-order valence-corrected chi connectivity index (χ3v) is 11.4. The summed E-state index contributed by atoms with van der Waals surface area (Å²) in [6, 6.07) is 8.48. The van der Waals surface area contributed by atoms with E-state index in [-0.39, 0.29) is 15.1 Å². The zero-order valence-electron chi connectivity index (χ0n) is 16.6. The van der Waals surface area contributed by atoms with Crippen LogP contribution in [-0.4, -0.2) is 33.5 Å². The number of halogens is 8. The summed E-state index contributed by atoms with van der Waals surface area (Å²) < 4.78 is 15.6. The summed E-state index contributed by atoms with van der Waals surface area (Å²) in [6.45, 7) is 5.54. The summed E-state index contributed by atoms with van der Waals surface area (Å²) in [5.41, 5.74) is 2.05. The van der Waals surface area contributed by atoms with Crippen LogP contribution in [0.15, 0.2) is 42.2 Å². The first-order chi connectivity index (χ1) is 14.5. The highest BCUT2D eigenvalue weighted by Crippen LogP contribution is 2.44. The van der Waals surface area contributed by atoms with Gasteiger partial charge in [-0.1, -0.05) is 77.6 Å². The summed E-state index contributed by atoms with van der Waals surface area (Å²) in [6.07, 6.45) is 0. The Morgan fingerprint density at radius 1 is 0.677 bits per heavy atom. The van der Waals surface area contributed by atoms with Gasteiger partial charge in [0.15, 0.2) is 0 Å². The average molecular weight is 944 g/mol. The topological polar surface area (TPSA) is 18.5 Å². The third-order valence-electron chi connectivity index (χ3n) is 4.59. The van der Waals surface area contributed by atoms with Gasteiger partial charge in [0, 0.05) is 16.1 Å². The molecule has 0 saturated carbocycles. The molecule has 0 fully saturated rings. The molecule has 2 nitrogen and oxygen atoms in total. The second-order valence-corrected chi connectivity index (χ2v) is 14.6. The van der Waals surface area contributed by atoms with E-state index in [0.717, 1.165) is 51.2 Å². The van der Waals surface area contributed by atoms with Crippen LogP contribution in [0, 0.1) is 0 Å². The van der Waals surface area contributed by atoms with Crippen molar-refractivity contribution in [3.05, 3.63) is 53.3 Å². The van der Waals surface area contributed by atoms with Gasteiger partial charge < -0.3 is 9.47 Å². The third kappa shape index (κ3) is 7.94. The van der Waals surface area contributed by atoms with Crippen LogP contribution in [-0.2, 0) is 5.41 Å². The van der Waals surface area contributed by atoms with Gasteiger partial charge in [0.25, 0.3) is 0 Å². The molecule has 2 aromatic rings. The van der Waals surface area contributed by atoms with Gasteiger partial charge in [-0.25, -0.2) is 0 Å². The van der Waals surface area contributed by atoms with Crippen molar-refractivity contribution < 1.29 is 9.47 Å². The van der Waals surface area contributed by atoms with Crippen LogP contribution in [0.3, 0.4) is 0 Å². The number of alkyl halides is 4. The van der Waals surface area contributed by atoms with Crippen LogP contribution < -0.4 is 9.47 Å². The van der Waals surface area contributed by atoms with E-state index < -0.39 is 0 Å². The smallest absolute Gasteiger partial charge is 0.147 e. The van der Waals surface area contributed by atoms with Crippen molar-refractivity contribution in [1.29, 1.82) is 0 Å². The molecule has 2 aromatic carbocycles. The average Bonchev–Trinajstić information content (AvgIpc) is 2.71. The Morgan fingerprint density at radius 3 is 1.23 bits per heavy atom. The van der Waals surface area contributed by atoms with Crippen molar-refractivity contribution in [2.24, 2.45) is 0 Å². The van der Waals surface area contributed by atoms with Gasteiger partial charge in [0.2, 0.25) is 0 Å². The first-order valence-corrected chi connectivity index (χ1v) is 16.4. The summed E-state index contributed by atoms with van der Waals surface area (Å²) in [7, 11) is 0. The van der Waals surface area contributed by atoms with Crippen LogP contribution in [0.4, 0.5) is 0 Å². The zero-order valence-corrected chi connectivity index (χ0v) is 29.3. The molecule has 2 atom stereocenters. The van der Waals surface area contributed by atoms with Crippen molar-refractivity contribution in [2.45, 2.75) is 28.9 Å². The minimum atomic E-state index is -0.255. The van der Waals surface area contributed by atoms with Crippen LogP contribution in [0.5, 0.6) is 11.5 Å². The van der Waals surface area contributed by atoms with Gasteiger partial charge in [0.05, 0.1) is 27.5 Å². The van der Waals surface area contributed by atoms with E-state index in [4.69, 9.17) is 9.47 Å². The van der Waals surface area contributed by atoms with Gasteiger partial charge in [-0.3, -0.25) is 0 Å². The molecular formula is C21H20Br8O2. The maximum absolute atomic E-state index is 5.99. The summed E-state index contributed by atoms with van der Waals surface area (Å²) in [5, 5.41) is 1.65. The molecule has 0 aliphatic heterocycles. The molecular weight excluding hydrogens is 923 g/mol. The Balaban J connectivity index is 2.34. The highest BCUT2D eigenvalue weighted by Gasteiger charge is 2.27. The molecule has 0 saturated heterocycles. The lowest BCUT2D eigenvalue weighted by Gasteiger charge is -2.28. The molecule has 0 spiro atoms. The highest BCUT2D eigenvalue weighted by atomic mass is 79.9. The monoisotopic (exact) mass is 935 g/mol. The van der Waals surface area contributed by atoms with E-state index in [9.17, 15) is 0 Å². The van der Waals surface area contributed by atoms with E-state index in [0.29, 0.717) is 13.2 Å². The molecule has 0 N–H and O–H groups in total. The predicted octanol–water partition coefficient (Wildman–Crippen LogP) is 10.1. The lowest BCUT2D eigenvalue weighted by atomic mass is 9.78. The molecule has 0 aliphatic carbocycles. The zero-order chi connectivity index (χ0) is 23.3. The van der Waals surface area contributed by atoms with Crippen LogP contribution in [0.25, 0.3) is 0 Å². The molecule has 10 heteroatoms. The first kappa shape index (κ1) is 29.1. The molecule has 0 aliphatic rings. The summed E-state index contributed by atoms with van der Waals surface area (Å²) >= 11 is 28.8. The number of rotatable bonds is 10.